The molecule has 1 N–H and O–H groups in total. The Balaban J connectivity index is 1.68. The second kappa shape index (κ2) is 14.8. The van der Waals surface area contributed by atoms with Crippen molar-refractivity contribution in [2.75, 3.05) is 23.7 Å². The van der Waals surface area contributed by atoms with Gasteiger partial charge in [-0.15, -0.1) is 11.8 Å². The lowest BCUT2D eigenvalue weighted by Gasteiger charge is -2.32. The summed E-state index contributed by atoms with van der Waals surface area (Å²) in [6.07, 6.45) is 5.89. The van der Waals surface area contributed by atoms with Crippen LogP contribution < -0.4 is 14.4 Å². The van der Waals surface area contributed by atoms with Gasteiger partial charge in [0, 0.05) is 17.5 Å². The zero-order valence-electron chi connectivity index (χ0n) is 25.3. The lowest BCUT2D eigenvalue weighted by molar-refractivity contribution is -0.139. The number of benzene rings is 3. The van der Waals surface area contributed by atoms with E-state index in [4.69, 9.17) is 4.74 Å². The van der Waals surface area contributed by atoms with Crippen LogP contribution in [-0.4, -0.2) is 56.6 Å². The van der Waals surface area contributed by atoms with Crippen LogP contribution in [0.3, 0.4) is 0 Å². The van der Waals surface area contributed by atoms with Gasteiger partial charge in [-0.3, -0.25) is 13.9 Å². The highest BCUT2D eigenvalue weighted by molar-refractivity contribution is 7.98. The minimum absolute atomic E-state index is 0.0732. The molecule has 3 aromatic carbocycles. The van der Waals surface area contributed by atoms with Crippen LogP contribution in [0.2, 0.25) is 0 Å². The van der Waals surface area contributed by atoms with Crippen molar-refractivity contribution in [1.82, 2.24) is 10.2 Å². The molecule has 0 aliphatic heterocycles. The number of ether oxygens (including phenoxy) is 1. The molecule has 230 valence electrons. The number of carbonyl (C=O) groups excluding carboxylic acids is 2. The highest BCUT2D eigenvalue weighted by atomic mass is 32.2. The first-order chi connectivity index (χ1) is 20.6. The Hall–Kier alpha value is -3.50. The van der Waals surface area contributed by atoms with Crippen molar-refractivity contribution in [3.63, 3.8) is 0 Å². The van der Waals surface area contributed by atoms with E-state index >= 15 is 0 Å². The standard InChI is InChI=1S/C33H41N3O5S2/c1-5-41-29-16-14-28(15-17-29)36(43(39,40)31-20-18-30(42-4)19-21-31)23-32(37)35(22-26-12-10-24(2)11-13-26)25(3)33(38)34-27-8-6-7-9-27/h10-21,25,27H,5-9,22-23H2,1-4H3,(H,34,38)/t25-/m1/s1. The van der Waals surface area contributed by atoms with E-state index in [1.807, 2.05) is 44.4 Å². The predicted octanol–water partition coefficient (Wildman–Crippen LogP) is 5.79. The number of hydrogen-bond donors (Lipinski definition) is 1. The van der Waals surface area contributed by atoms with Crippen molar-refractivity contribution < 1.29 is 22.7 Å². The number of nitrogens with zero attached hydrogens (tertiary/aromatic N) is 2. The van der Waals surface area contributed by atoms with Crippen LogP contribution in [0.5, 0.6) is 5.75 Å². The molecule has 1 fully saturated rings. The SMILES string of the molecule is CCOc1ccc(N(CC(=O)N(Cc2ccc(C)cc2)[C@H](C)C(=O)NC2CCCC2)S(=O)(=O)c2ccc(SC)cc2)cc1. The third-order valence-corrected chi connectivity index (χ3v) is 10.2. The quantitative estimate of drug-likeness (QED) is 0.242. The minimum Gasteiger partial charge on any atom is -0.494 e. The number of anilines is 1. The molecule has 3 aromatic rings. The molecule has 1 aliphatic carbocycles. The molecular weight excluding hydrogens is 583 g/mol. The van der Waals surface area contributed by atoms with E-state index in [0.717, 1.165) is 46.0 Å². The Labute approximate surface area is 259 Å². The third-order valence-electron chi connectivity index (χ3n) is 7.70. The van der Waals surface area contributed by atoms with E-state index in [2.05, 4.69) is 5.32 Å². The second-order valence-corrected chi connectivity index (χ2v) is 13.5. The number of aryl methyl sites for hydroxylation is 1. The molecule has 43 heavy (non-hydrogen) atoms. The van der Waals surface area contributed by atoms with Gasteiger partial charge in [0.1, 0.15) is 18.3 Å². The van der Waals surface area contributed by atoms with Crippen molar-refractivity contribution in [3.05, 3.63) is 83.9 Å². The van der Waals surface area contributed by atoms with Gasteiger partial charge in [-0.05, 0) is 94.0 Å². The fourth-order valence-electron chi connectivity index (χ4n) is 5.14. The van der Waals surface area contributed by atoms with Crippen molar-refractivity contribution >= 4 is 39.3 Å². The number of nitrogens with one attached hydrogen (secondary N) is 1. The third kappa shape index (κ3) is 8.32. The zero-order valence-corrected chi connectivity index (χ0v) is 26.9. The predicted molar refractivity (Wildman–Crippen MR) is 172 cm³/mol. The first-order valence-electron chi connectivity index (χ1n) is 14.7. The molecule has 1 atom stereocenters. The number of thioether (sulfide) groups is 1. The maximum atomic E-state index is 14.1. The average molecular weight is 624 g/mol. The highest BCUT2D eigenvalue weighted by Gasteiger charge is 2.33. The largest absolute Gasteiger partial charge is 0.494 e. The first-order valence-corrected chi connectivity index (χ1v) is 17.3. The smallest absolute Gasteiger partial charge is 0.264 e. The maximum absolute atomic E-state index is 14.1. The fraction of sp³-hybridized carbons (Fsp3) is 0.394. The summed E-state index contributed by atoms with van der Waals surface area (Å²) < 4.78 is 34.8. The summed E-state index contributed by atoms with van der Waals surface area (Å²) in [5.41, 5.74) is 2.25. The maximum Gasteiger partial charge on any atom is 0.264 e. The molecule has 0 saturated heterocycles. The van der Waals surface area contributed by atoms with Gasteiger partial charge in [0.2, 0.25) is 11.8 Å². The van der Waals surface area contributed by atoms with Gasteiger partial charge in [-0.2, -0.15) is 0 Å². The van der Waals surface area contributed by atoms with Gasteiger partial charge in [-0.25, -0.2) is 8.42 Å². The summed E-state index contributed by atoms with van der Waals surface area (Å²) in [5, 5.41) is 3.10. The number of carbonyl (C=O) groups is 2. The molecule has 0 unspecified atom stereocenters. The van der Waals surface area contributed by atoms with Crippen LogP contribution in [-0.2, 0) is 26.2 Å². The fourth-order valence-corrected chi connectivity index (χ4v) is 6.97. The van der Waals surface area contributed by atoms with Gasteiger partial charge >= 0.3 is 0 Å². The van der Waals surface area contributed by atoms with Gasteiger partial charge in [0.15, 0.2) is 0 Å². The summed E-state index contributed by atoms with van der Waals surface area (Å²) in [6.45, 7) is 5.71. The lowest BCUT2D eigenvalue weighted by atomic mass is 10.1. The molecular formula is C33H41N3O5S2. The summed E-state index contributed by atoms with van der Waals surface area (Å²) in [5.74, 6) is -0.124. The summed E-state index contributed by atoms with van der Waals surface area (Å²) in [6, 6.07) is 20.3. The molecule has 4 rings (SSSR count). The molecule has 0 heterocycles. The summed E-state index contributed by atoms with van der Waals surface area (Å²) in [7, 11) is -4.14. The van der Waals surface area contributed by atoms with E-state index in [9.17, 15) is 18.0 Å². The molecule has 0 spiro atoms. The van der Waals surface area contributed by atoms with E-state index in [-0.39, 0.29) is 23.4 Å². The number of hydrogen-bond acceptors (Lipinski definition) is 6. The minimum atomic E-state index is -4.14. The van der Waals surface area contributed by atoms with Gasteiger partial charge in [0.25, 0.3) is 10.0 Å². The number of rotatable bonds is 13. The summed E-state index contributed by atoms with van der Waals surface area (Å²) >= 11 is 1.51. The molecule has 8 nitrogen and oxygen atoms in total. The van der Waals surface area contributed by atoms with Crippen molar-refractivity contribution in [2.45, 2.75) is 74.9 Å². The van der Waals surface area contributed by atoms with Crippen LogP contribution in [0.4, 0.5) is 5.69 Å². The van der Waals surface area contributed by atoms with Crippen molar-refractivity contribution in [1.29, 1.82) is 0 Å². The molecule has 0 aromatic heterocycles. The Kier molecular flexibility index (Phi) is 11.2. The molecule has 0 radical (unpaired) electrons. The van der Waals surface area contributed by atoms with Crippen molar-refractivity contribution in [3.8, 4) is 5.75 Å². The van der Waals surface area contributed by atoms with Crippen LogP contribution in [0.25, 0.3) is 0 Å². The molecule has 1 saturated carbocycles. The van der Waals surface area contributed by atoms with Crippen LogP contribution in [0, 0.1) is 6.92 Å². The topological polar surface area (TPSA) is 96.0 Å². The monoisotopic (exact) mass is 623 g/mol. The van der Waals surface area contributed by atoms with E-state index in [1.54, 1.807) is 55.5 Å². The van der Waals surface area contributed by atoms with E-state index in [0.29, 0.717) is 18.0 Å². The lowest BCUT2D eigenvalue weighted by Crippen LogP contribution is -2.52. The molecule has 2 amide bonds. The Morgan fingerprint density at radius 3 is 2.19 bits per heavy atom. The van der Waals surface area contributed by atoms with Crippen LogP contribution in [0.1, 0.15) is 50.7 Å². The Morgan fingerprint density at radius 2 is 1.60 bits per heavy atom. The second-order valence-electron chi connectivity index (χ2n) is 10.8. The highest BCUT2D eigenvalue weighted by Crippen LogP contribution is 2.28. The van der Waals surface area contributed by atoms with Gasteiger partial charge < -0.3 is 15.0 Å². The first kappa shape index (κ1) is 32.4. The van der Waals surface area contributed by atoms with Crippen LogP contribution in [0.15, 0.2) is 82.6 Å². The van der Waals surface area contributed by atoms with Crippen molar-refractivity contribution in [2.24, 2.45) is 0 Å². The summed E-state index contributed by atoms with van der Waals surface area (Å²) in [4.78, 5) is 30.0. The molecule has 0 bridgehead atoms. The van der Waals surface area contributed by atoms with Crippen LogP contribution >= 0.6 is 11.8 Å². The molecule has 10 heteroatoms. The number of sulfonamides is 1. The molecule has 1 aliphatic rings. The number of amides is 2. The normalized spacial score (nSPS) is 14.2. The van der Waals surface area contributed by atoms with E-state index in [1.165, 1.54) is 16.7 Å². The average Bonchev–Trinajstić information content (AvgIpc) is 3.53. The van der Waals surface area contributed by atoms with Gasteiger partial charge in [0.05, 0.1) is 17.2 Å². The van der Waals surface area contributed by atoms with E-state index < -0.39 is 28.5 Å². The van der Waals surface area contributed by atoms with Gasteiger partial charge in [-0.1, -0.05) is 42.7 Å². The Bertz CT molecular complexity index is 1470. The zero-order chi connectivity index (χ0) is 31.0. The Morgan fingerprint density at radius 1 is 0.977 bits per heavy atom.